The van der Waals surface area contributed by atoms with Gasteiger partial charge in [-0.05, 0) is 23.8 Å². The average molecular weight is 390 g/mol. The summed E-state index contributed by atoms with van der Waals surface area (Å²) in [4.78, 5) is 4.33. The Bertz CT molecular complexity index is 1110. The van der Waals surface area contributed by atoms with Gasteiger partial charge in [-0.1, -0.05) is 17.4 Å². The van der Waals surface area contributed by atoms with E-state index in [1.807, 2.05) is 0 Å². The number of anilines is 1. The standard InChI is InChI=1S/C17H13F3N6S/c1-21-17-25-24-15(27-17)8-26-14-5-10(6-22-13(14)7-23-26)9-2-3-12(18)11(4-9)16(19)20/h2-7,16H,8H2,1H3,(H,21,25). The van der Waals surface area contributed by atoms with E-state index in [9.17, 15) is 13.2 Å². The van der Waals surface area contributed by atoms with Gasteiger partial charge in [-0.15, -0.1) is 10.2 Å². The first kappa shape index (κ1) is 17.4. The highest BCUT2D eigenvalue weighted by molar-refractivity contribution is 7.15. The van der Waals surface area contributed by atoms with Gasteiger partial charge in [0.05, 0.1) is 23.8 Å². The van der Waals surface area contributed by atoms with Crippen molar-refractivity contribution in [2.45, 2.75) is 13.0 Å². The van der Waals surface area contributed by atoms with Gasteiger partial charge in [-0.25, -0.2) is 13.2 Å². The van der Waals surface area contributed by atoms with Gasteiger partial charge < -0.3 is 5.32 Å². The molecular weight excluding hydrogens is 377 g/mol. The van der Waals surface area contributed by atoms with E-state index >= 15 is 0 Å². The predicted octanol–water partition coefficient (Wildman–Crippen LogP) is 4.12. The van der Waals surface area contributed by atoms with E-state index in [4.69, 9.17) is 0 Å². The average Bonchev–Trinajstić information content (AvgIpc) is 3.29. The summed E-state index contributed by atoms with van der Waals surface area (Å²) in [6.45, 7) is 0.402. The SMILES string of the molecule is CNc1nnc(Cn2ncc3ncc(-c4ccc(F)c(C(F)F)c4)cc32)s1. The lowest BCUT2D eigenvalue weighted by Gasteiger charge is -2.07. The van der Waals surface area contributed by atoms with Crippen LogP contribution in [0.25, 0.3) is 22.2 Å². The molecule has 0 unspecified atom stereocenters. The minimum absolute atomic E-state index is 0.402. The van der Waals surface area contributed by atoms with Crippen LogP contribution < -0.4 is 5.32 Å². The Morgan fingerprint density at radius 1 is 1.15 bits per heavy atom. The van der Waals surface area contributed by atoms with Crippen LogP contribution in [0.1, 0.15) is 17.0 Å². The number of aromatic nitrogens is 5. The van der Waals surface area contributed by atoms with Gasteiger partial charge in [0.1, 0.15) is 16.3 Å². The molecule has 0 aliphatic rings. The third-order valence-corrected chi connectivity index (χ3v) is 4.95. The van der Waals surface area contributed by atoms with Crippen molar-refractivity contribution in [1.29, 1.82) is 0 Å². The Balaban J connectivity index is 1.72. The smallest absolute Gasteiger partial charge is 0.266 e. The maximum atomic E-state index is 13.6. The monoisotopic (exact) mass is 390 g/mol. The molecule has 6 nitrogen and oxygen atoms in total. The van der Waals surface area contributed by atoms with E-state index in [2.05, 4.69) is 25.6 Å². The van der Waals surface area contributed by atoms with Crippen LogP contribution >= 0.6 is 11.3 Å². The van der Waals surface area contributed by atoms with Crippen molar-refractivity contribution in [2.24, 2.45) is 0 Å². The summed E-state index contributed by atoms with van der Waals surface area (Å²) < 4.78 is 41.2. The molecule has 0 aliphatic carbocycles. The first-order chi connectivity index (χ1) is 13.0. The van der Waals surface area contributed by atoms with E-state index in [-0.39, 0.29) is 0 Å². The first-order valence-electron chi connectivity index (χ1n) is 7.95. The van der Waals surface area contributed by atoms with Crippen molar-refractivity contribution in [3.05, 3.63) is 53.0 Å². The molecule has 138 valence electrons. The zero-order valence-corrected chi connectivity index (χ0v) is 14.8. The Labute approximate surface area is 155 Å². The molecule has 0 bridgehead atoms. The third kappa shape index (κ3) is 3.35. The number of nitrogens with zero attached hydrogens (tertiary/aromatic N) is 5. The molecular formula is C17H13F3N6S. The van der Waals surface area contributed by atoms with Crippen LogP contribution in [0.5, 0.6) is 0 Å². The minimum atomic E-state index is -2.88. The quantitative estimate of drug-likeness (QED) is 0.555. The summed E-state index contributed by atoms with van der Waals surface area (Å²) in [6.07, 6.45) is 0.292. The fourth-order valence-electron chi connectivity index (χ4n) is 2.68. The fourth-order valence-corrected chi connectivity index (χ4v) is 3.35. The molecule has 27 heavy (non-hydrogen) atoms. The van der Waals surface area contributed by atoms with E-state index in [0.717, 1.165) is 22.7 Å². The summed E-state index contributed by atoms with van der Waals surface area (Å²) in [7, 11) is 1.76. The molecule has 0 aliphatic heterocycles. The Morgan fingerprint density at radius 2 is 2.00 bits per heavy atom. The van der Waals surface area contributed by atoms with Crippen LogP contribution in [0, 0.1) is 5.82 Å². The van der Waals surface area contributed by atoms with Crippen LogP contribution in [0.2, 0.25) is 0 Å². The van der Waals surface area contributed by atoms with Crippen molar-refractivity contribution >= 4 is 27.5 Å². The number of hydrogen-bond donors (Lipinski definition) is 1. The number of nitrogens with one attached hydrogen (secondary N) is 1. The van der Waals surface area contributed by atoms with Gasteiger partial charge in [0.15, 0.2) is 0 Å². The largest absolute Gasteiger partial charge is 0.363 e. The highest BCUT2D eigenvalue weighted by Gasteiger charge is 2.15. The molecule has 1 N–H and O–H groups in total. The second-order valence-corrected chi connectivity index (χ2v) is 6.78. The van der Waals surface area contributed by atoms with Gasteiger partial charge in [0.2, 0.25) is 5.13 Å². The number of fused-ring (bicyclic) bond motifs is 1. The van der Waals surface area contributed by atoms with Gasteiger partial charge in [-0.2, -0.15) is 5.10 Å². The Morgan fingerprint density at radius 3 is 2.74 bits per heavy atom. The van der Waals surface area contributed by atoms with E-state index < -0.39 is 17.8 Å². The zero-order valence-electron chi connectivity index (χ0n) is 14.0. The van der Waals surface area contributed by atoms with E-state index in [1.165, 1.54) is 17.4 Å². The Hall–Kier alpha value is -3.01. The van der Waals surface area contributed by atoms with Crippen molar-refractivity contribution in [2.75, 3.05) is 12.4 Å². The Kier molecular flexibility index (Phi) is 4.48. The number of pyridine rings is 1. The molecule has 4 aromatic rings. The highest BCUT2D eigenvalue weighted by atomic mass is 32.1. The van der Waals surface area contributed by atoms with Crippen molar-refractivity contribution in [3.63, 3.8) is 0 Å². The molecule has 0 saturated heterocycles. The van der Waals surface area contributed by atoms with Gasteiger partial charge in [0, 0.05) is 18.8 Å². The van der Waals surface area contributed by atoms with Crippen LogP contribution in [0.15, 0.2) is 36.7 Å². The number of halogens is 3. The van der Waals surface area contributed by atoms with Crippen molar-refractivity contribution < 1.29 is 13.2 Å². The minimum Gasteiger partial charge on any atom is -0.363 e. The molecule has 4 rings (SSSR count). The van der Waals surface area contributed by atoms with Gasteiger partial charge in [-0.3, -0.25) is 9.67 Å². The molecule has 3 heterocycles. The topological polar surface area (TPSA) is 68.5 Å². The maximum absolute atomic E-state index is 13.6. The van der Waals surface area contributed by atoms with Gasteiger partial charge in [0.25, 0.3) is 6.43 Å². The second-order valence-electron chi connectivity index (χ2n) is 5.72. The van der Waals surface area contributed by atoms with Crippen LogP contribution in [0.3, 0.4) is 0 Å². The number of alkyl halides is 2. The molecule has 0 saturated carbocycles. The van der Waals surface area contributed by atoms with Crippen LogP contribution in [0.4, 0.5) is 18.3 Å². The van der Waals surface area contributed by atoms with Crippen molar-refractivity contribution in [3.8, 4) is 11.1 Å². The zero-order chi connectivity index (χ0) is 19.0. The molecule has 0 fully saturated rings. The molecule has 10 heteroatoms. The molecule has 3 aromatic heterocycles. The van der Waals surface area contributed by atoms with E-state index in [0.29, 0.717) is 28.3 Å². The molecule has 0 atom stereocenters. The molecule has 0 spiro atoms. The van der Waals surface area contributed by atoms with Crippen LogP contribution in [-0.4, -0.2) is 32.0 Å². The lowest BCUT2D eigenvalue weighted by Crippen LogP contribution is -2.01. The summed E-state index contributed by atoms with van der Waals surface area (Å²) in [5, 5.41) is 16.8. The molecule has 1 aromatic carbocycles. The lowest BCUT2D eigenvalue weighted by atomic mass is 10.0. The molecule has 0 radical (unpaired) electrons. The summed E-state index contributed by atoms with van der Waals surface area (Å²) in [5.74, 6) is -0.926. The van der Waals surface area contributed by atoms with Crippen LogP contribution in [-0.2, 0) is 6.54 Å². The van der Waals surface area contributed by atoms with E-state index in [1.54, 1.807) is 30.2 Å². The maximum Gasteiger partial charge on any atom is 0.266 e. The second kappa shape index (κ2) is 6.95. The third-order valence-electron chi connectivity index (χ3n) is 4.03. The lowest BCUT2D eigenvalue weighted by molar-refractivity contribution is 0.146. The number of hydrogen-bond acceptors (Lipinski definition) is 6. The fraction of sp³-hybridized carbons (Fsp3) is 0.176. The molecule has 0 amide bonds. The van der Waals surface area contributed by atoms with Gasteiger partial charge >= 0.3 is 0 Å². The normalized spacial score (nSPS) is 11.4. The summed E-state index contributed by atoms with van der Waals surface area (Å²) in [6, 6.07) is 5.43. The predicted molar refractivity (Wildman–Crippen MR) is 96.4 cm³/mol. The summed E-state index contributed by atoms with van der Waals surface area (Å²) in [5.41, 5.74) is 1.81. The highest BCUT2D eigenvalue weighted by Crippen LogP contribution is 2.29. The van der Waals surface area contributed by atoms with Crippen molar-refractivity contribution in [1.82, 2.24) is 25.0 Å². The first-order valence-corrected chi connectivity index (χ1v) is 8.76. The number of rotatable bonds is 5. The summed E-state index contributed by atoms with van der Waals surface area (Å²) >= 11 is 1.41. The number of benzene rings is 1.